The molecule has 1 fully saturated rings. The Morgan fingerprint density at radius 2 is 0.806 bits per heavy atom. The van der Waals surface area contributed by atoms with Crippen molar-refractivity contribution in [3.8, 4) is 22.3 Å². The summed E-state index contributed by atoms with van der Waals surface area (Å²) in [6.07, 6.45) is 3.78. The van der Waals surface area contributed by atoms with Gasteiger partial charge in [0.25, 0.3) is 11.8 Å². The van der Waals surface area contributed by atoms with Crippen LogP contribution in [-0.2, 0) is 0 Å². The molecule has 36 heavy (non-hydrogen) atoms. The van der Waals surface area contributed by atoms with Crippen LogP contribution in [0.4, 0.5) is 0 Å². The van der Waals surface area contributed by atoms with Crippen LogP contribution in [0, 0.1) is 0 Å². The van der Waals surface area contributed by atoms with E-state index >= 15 is 0 Å². The number of rotatable bonds is 6. The van der Waals surface area contributed by atoms with Crippen LogP contribution in [0.15, 0.2) is 109 Å². The third-order valence-corrected chi connectivity index (χ3v) is 6.91. The number of nitrogens with one attached hydrogen (secondary N) is 2. The molecule has 4 heteroatoms. The fourth-order valence-electron chi connectivity index (χ4n) is 4.87. The Morgan fingerprint density at radius 1 is 0.472 bits per heavy atom. The molecule has 4 nitrogen and oxygen atoms in total. The van der Waals surface area contributed by atoms with Gasteiger partial charge in [-0.05, 0) is 59.4 Å². The summed E-state index contributed by atoms with van der Waals surface area (Å²) < 4.78 is 0. The number of hydrogen-bond acceptors (Lipinski definition) is 2. The zero-order valence-corrected chi connectivity index (χ0v) is 20.2. The topological polar surface area (TPSA) is 58.2 Å². The van der Waals surface area contributed by atoms with Crippen molar-refractivity contribution in [1.82, 2.24) is 10.6 Å². The molecule has 180 valence electrons. The van der Waals surface area contributed by atoms with E-state index in [1.54, 1.807) is 0 Å². The maximum absolute atomic E-state index is 13.0. The molecule has 0 radical (unpaired) electrons. The van der Waals surface area contributed by atoms with Crippen molar-refractivity contribution in [2.75, 3.05) is 0 Å². The maximum atomic E-state index is 13.0. The van der Waals surface area contributed by atoms with Crippen molar-refractivity contribution < 1.29 is 9.59 Å². The van der Waals surface area contributed by atoms with Gasteiger partial charge in [0.05, 0.1) is 0 Å². The van der Waals surface area contributed by atoms with E-state index in [9.17, 15) is 9.59 Å². The first-order valence-corrected chi connectivity index (χ1v) is 12.6. The molecule has 0 aliphatic heterocycles. The fraction of sp³-hybridized carbons (Fsp3) is 0.188. The first-order valence-electron chi connectivity index (χ1n) is 12.6. The van der Waals surface area contributed by atoms with Gasteiger partial charge in [-0.3, -0.25) is 9.59 Å². The van der Waals surface area contributed by atoms with Crippen LogP contribution in [0.2, 0.25) is 0 Å². The monoisotopic (exact) mass is 474 g/mol. The van der Waals surface area contributed by atoms with E-state index in [0.29, 0.717) is 11.1 Å². The predicted molar refractivity (Wildman–Crippen MR) is 145 cm³/mol. The van der Waals surface area contributed by atoms with Crippen LogP contribution >= 0.6 is 0 Å². The summed E-state index contributed by atoms with van der Waals surface area (Å²) in [6, 6.07) is 35.4. The van der Waals surface area contributed by atoms with Crippen LogP contribution in [0.3, 0.4) is 0 Å². The summed E-state index contributed by atoms with van der Waals surface area (Å²) >= 11 is 0. The molecule has 2 atom stereocenters. The van der Waals surface area contributed by atoms with E-state index in [1.165, 1.54) is 0 Å². The highest BCUT2D eigenvalue weighted by molar-refractivity contribution is 5.96. The summed E-state index contributed by atoms with van der Waals surface area (Å²) in [7, 11) is 0. The molecule has 2 unspecified atom stereocenters. The Bertz CT molecular complexity index is 1200. The van der Waals surface area contributed by atoms with Crippen molar-refractivity contribution in [3.05, 3.63) is 120 Å². The standard InChI is InChI=1S/C32H30N2O2/c35-31(27-19-15-25(16-20-27)23-9-3-1-4-10-23)33-29-13-7-8-14-30(29)34-32(36)28-21-17-26(18-22-28)24-11-5-2-6-12-24/h1-6,9-12,15-22,29-30H,7-8,13-14H2,(H,33,35)(H,34,36). The van der Waals surface area contributed by atoms with Gasteiger partial charge in [-0.15, -0.1) is 0 Å². The molecule has 0 spiro atoms. The van der Waals surface area contributed by atoms with Gasteiger partial charge in [0.2, 0.25) is 0 Å². The third kappa shape index (κ3) is 5.55. The van der Waals surface area contributed by atoms with Gasteiger partial charge < -0.3 is 10.6 Å². The normalized spacial score (nSPS) is 17.2. The van der Waals surface area contributed by atoms with Crippen molar-refractivity contribution >= 4 is 11.8 Å². The lowest BCUT2D eigenvalue weighted by Crippen LogP contribution is -2.53. The van der Waals surface area contributed by atoms with Gasteiger partial charge in [0.15, 0.2) is 0 Å². The Kier molecular flexibility index (Phi) is 7.23. The molecule has 4 aromatic carbocycles. The maximum Gasteiger partial charge on any atom is 0.251 e. The lowest BCUT2D eigenvalue weighted by atomic mass is 9.89. The first-order chi connectivity index (χ1) is 17.7. The number of carbonyl (C=O) groups excluding carboxylic acids is 2. The number of carbonyl (C=O) groups is 2. The first kappa shape index (κ1) is 23.6. The van der Waals surface area contributed by atoms with Crippen LogP contribution in [0.5, 0.6) is 0 Å². The highest BCUT2D eigenvalue weighted by Crippen LogP contribution is 2.23. The largest absolute Gasteiger partial charge is 0.347 e. The minimum Gasteiger partial charge on any atom is -0.347 e. The Balaban J connectivity index is 1.22. The minimum absolute atomic E-state index is 0.0902. The van der Waals surface area contributed by atoms with E-state index in [-0.39, 0.29) is 23.9 Å². The van der Waals surface area contributed by atoms with Crippen molar-refractivity contribution in [3.63, 3.8) is 0 Å². The smallest absolute Gasteiger partial charge is 0.251 e. The van der Waals surface area contributed by atoms with Gasteiger partial charge in [-0.1, -0.05) is 97.8 Å². The molecule has 4 aromatic rings. The average Bonchev–Trinajstić information content (AvgIpc) is 2.95. The second-order valence-electron chi connectivity index (χ2n) is 9.33. The van der Waals surface area contributed by atoms with Crippen LogP contribution in [-0.4, -0.2) is 23.9 Å². The van der Waals surface area contributed by atoms with Gasteiger partial charge in [-0.25, -0.2) is 0 Å². The van der Waals surface area contributed by atoms with E-state index in [1.807, 2.05) is 84.9 Å². The van der Waals surface area contributed by atoms with Crippen molar-refractivity contribution in [2.45, 2.75) is 37.8 Å². The van der Waals surface area contributed by atoms with E-state index in [2.05, 4.69) is 34.9 Å². The lowest BCUT2D eigenvalue weighted by Gasteiger charge is -2.33. The molecule has 0 saturated heterocycles. The summed E-state index contributed by atoms with van der Waals surface area (Å²) in [5, 5.41) is 6.36. The van der Waals surface area contributed by atoms with Gasteiger partial charge in [0, 0.05) is 23.2 Å². The average molecular weight is 475 g/mol. The molecule has 2 N–H and O–H groups in total. The number of hydrogen-bond donors (Lipinski definition) is 2. The molecular formula is C32H30N2O2. The third-order valence-electron chi connectivity index (χ3n) is 6.91. The SMILES string of the molecule is O=C(NC1CCCCC1NC(=O)c1ccc(-c2ccccc2)cc1)c1ccc(-c2ccccc2)cc1. The molecule has 0 bridgehead atoms. The van der Waals surface area contributed by atoms with Crippen LogP contribution in [0.25, 0.3) is 22.3 Å². The van der Waals surface area contributed by atoms with E-state index < -0.39 is 0 Å². The lowest BCUT2D eigenvalue weighted by molar-refractivity contribution is 0.0863. The summed E-state index contributed by atoms with van der Waals surface area (Å²) in [4.78, 5) is 26.0. The molecule has 2 amide bonds. The summed E-state index contributed by atoms with van der Waals surface area (Å²) in [5.41, 5.74) is 5.65. The molecule has 0 aromatic heterocycles. The van der Waals surface area contributed by atoms with Crippen LogP contribution < -0.4 is 10.6 Å². The zero-order valence-electron chi connectivity index (χ0n) is 20.2. The Morgan fingerprint density at radius 3 is 1.17 bits per heavy atom. The second-order valence-corrected chi connectivity index (χ2v) is 9.33. The molecular weight excluding hydrogens is 444 g/mol. The molecule has 1 saturated carbocycles. The molecule has 5 rings (SSSR count). The van der Waals surface area contributed by atoms with Gasteiger partial charge in [0.1, 0.15) is 0 Å². The second kappa shape index (κ2) is 11.0. The quantitative estimate of drug-likeness (QED) is 0.335. The van der Waals surface area contributed by atoms with Crippen molar-refractivity contribution in [2.24, 2.45) is 0 Å². The summed E-state index contributed by atoms with van der Waals surface area (Å²) in [6.45, 7) is 0. The molecule has 1 aliphatic carbocycles. The molecule has 1 aliphatic rings. The minimum atomic E-state index is -0.104. The van der Waals surface area contributed by atoms with Crippen molar-refractivity contribution in [1.29, 1.82) is 0 Å². The molecule has 0 heterocycles. The zero-order chi connectivity index (χ0) is 24.7. The van der Waals surface area contributed by atoms with E-state index in [4.69, 9.17) is 0 Å². The van der Waals surface area contributed by atoms with Gasteiger partial charge >= 0.3 is 0 Å². The number of benzene rings is 4. The number of amides is 2. The predicted octanol–water partition coefficient (Wildman–Crippen LogP) is 6.49. The Hall–Kier alpha value is -4.18. The fourth-order valence-corrected chi connectivity index (χ4v) is 4.87. The van der Waals surface area contributed by atoms with E-state index in [0.717, 1.165) is 47.9 Å². The van der Waals surface area contributed by atoms with Crippen LogP contribution in [0.1, 0.15) is 46.4 Å². The summed E-state index contributed by atoms with van der Waals surface area (Å²) in [5.74, 6) is -0.207. The Labute approximate surface area is 212 Å². The highest BCUT2D eigenvalue weighted by atomic mass is 16.2. The highest BCUT2D eigenvalue weighted by Gasteiger charge is 2.28. The van der Waals surface area contributed by atoms with Gasteiger partial charge in [-0.2, -0.15) is 0 Å².